The zero-order valence-corrected chi connectivity index (χ0v) is 11.3. The highest BCUT2D eigenvalue weighted by atomic mass is 35.5. The van der Waals surface area contributed by atoms with Crippen molar-refractivity contribution in [2.45, 2.75) is 6.10 Å². The first-order valence-electron chi connectivity index (χ1n) is 6.27. The molecule has 0 heterocycles. The van der Waals surface area contributed by atoms with E-state index in [1.165, 1.54) is 12.1 Å². The maximum absolute atomic E-state index is 13.9. The lowest BCUT2D eigenvalue weighted by Gasteiger charge is -2.15. The van der Waals surface area contributed by atoms with Gasteiger partial charge in [-0.1, -0.05) is 60.1 Å². The summed E-state index contributed by atoms with van der Waals surface area (Å²) < 4.78 is 13.9. The summed E-state index contributed by atoms with van der Waals surface area (Å²) in [7, 11) is 0. The van der Waals surface area contributed by atoms with E-state index in [9.17, 15) is 9.50 Å². The monoisotopic (exact) mass is 286 g/mol. The van der Waals surface area contributed by atoms with Gasteiger partial charge in [-0.15, -0.1) is 0 Å². The molecule has 1 atom stereocenters. The van der Waals surface area contributed by atoms with Crippen molar-refractivity contribution in [3.8, 4) is 0 Å². The van der Waals surface area contributed by atoms with Crippen LogP contribution in [0, 0.1) is 5.82 Å². The molecule has 3 aromatic rings. The van der Waals surface area contributed by atoms with Gasteiger partial charge in [-0.3, -0.25) is 0 Å². The standard InChI is InChI=1S/C17H12ClFO/c18-12-8-9-15(16(19)10-12)17(20)14-7-3-5-11-4-1-2-6-13(11)14/h1-10,17,20H. The highest BCUT2D eigenvalue weighted by molar-refractivity contribution is 6.30. The molecule has 1 N–H and O–H groups in total. The fourth-order valence-electron chi connectivity index (χ4n) is 2.38. The van der Waals surface area contributed by atoms with Crippen LogP contribution >= 0.6 is 11.6 Å². The Morgan fingerprint density at radius 2 is 1.65 bits per heavy atom. The van der Waals surface area contributed by atoms with Crippen LogP contribution in [0.5, 0.6) is 0 Å². The number of hydrogen-bond donors (Lipinski definition) is 1. The maximum atomic E-state index is 13.9. The van der Waals surface area contributed by atoms with E-state index in [1.807, 2.05) is 36.4 Å². The van der Waals surface area contributed by atoms with E-state index in [1.54, 1.807) is 12.1 Å². The second-order valence-electron chi connectivity index (χ2n) is 4.64. The summed E-state index contributed by atoms with van der Waals surface area (Å²) in [6, 6.07) is 17.6. The first-order valence-corrected chi connectivity index (χ1v) is 6.65. The molecule has 0 bridgehead atoms. The summed E-state index contributed by atoms with van der Waals surface area (Å²) in [6.45, 7) is 0. The lowest BCUT2D eigenvalue weighted by molar-refractivity contribution is 0.216. The van der Waals surface area contributed by atoms with E-state index in [-0.39, 0.29) is 5.56 Å². The van der Waals surface area contributed by atoms with Crippen molar-refractivity contribution in [3.63, 3.8) is 0 Å². The van der Waals surface area contributed by atoms with Crippen LogP contribution in [0.2, 0.25) is 5.02 Å². The van der Waals surface area contributed by atoms with Crippen molar-refractivity contribution in [1.29, 1.82) is 0 Å². The summed E-state index contributed by atoms with van der Waals surface area (Å²) in [5, 5.41) is 12.7. The molecule has 0 fully saturated rings. The van der Waals surface area contributed by atoms with Crippen molar-refractivity contribution in [1.82, 2.24) is 0 Å². The van der Waals surface area contributed by atoms with Crippen molar-refractivity contribution in [3.05, 3.63) is 82.6 Å². The fraction of sp³-hybridized carbons (Fsp3) is 0.0588. The van der Waals surface area contributed by atoms with Crippen molar-refractivity contribution in [2.75, 3.05) is 0 Å². The molecule has 0 saturated heterocycles. The van der Waals surface area contributed by atoms with Gasteiger partial charge in [-0.25, -0.2) is 4.39 Å². The Bertz CT molecular complexity index is 765. The van der Waals surface area contributed by atoms with E-state index in [0.29, 0.717) is 10.6 Å². The summed E-state index contributed by atoms with van der Waals surface area (Å²) in [4.78, 5) is 0. The van der Waals surface area contributed by atoms with Crippen LogP contribution in [0.4, 0.5) is 4.39 Å². The van der Waals surface area contributed by atoms with E-state index < -0.39 is 11.9 Å². The molecule has 3 aromatic carbocycles. The van der Waals surface area contributed by atoms with Crippen LogP contribution in [0.3, 0.4) is 0 Å². The third-order valence-corrected chi connectivity index (χ3v) is 3.61. The second kappa shape index (κ2) is 5.23. The number of halogens is 2. The molecular weight excluding hydrogens is 275 g/mol. The van der Waals surface area contributed by atoms with Crippen LogP contribution in [0.1, 0.15) is 17.2 Å². The van der Waals surface area contributed by atoms with Gasteiger partial charge in [-0.05, 0) is 28.5 Å². The quantitative estimate of drug-likeness (QED) is 0.723. The minimum Gasteiger partial charge on any atom is -0.384 e. The van der Waals surface area contributed by atoms with Crippen LogP contribution in [0.25, 0.3) is 10.8 Å². The molecule has 0 aromatic heterocycles. The number of fused-ring (bicyclic) bond motifs is 1. The van der Waals surface area contributed by atoms with E-state index >= 15 is 0 Å². The van der Waals surface area contributed by atoms with Gasteiger partial charge in [0, 0.05) is 10.6 Å². The average Bonchev–Trinajstić information content (AvgIpc) is 2.46. The normalized spacial score (nSPS) is 12.6. The average molecular weight is 287 g/mol. The molecule has 0 radical (unpaired) electrons. The van der Waals surface area contributed by atoms with Gasteiger partial charge in [0.15, 0.2) is 0 Å². The van der Waals surface area contributed by atoms with Crippen molar-refractivity contribution < 1.29 is 9.50 Å². The predicted octanol–water partition coefficient (Wildman–Crippen LogP) is 4.71. The highest BCUT2D eigenvalue weighted by Gasteiger charge is 2.17. The van der Waals surface area contributed by atoms with Crippen molar-refractivity contribution in [2.24, 2.45) is 0 Å². The lowest BCUT2D eigenvalue weighted by Crippen LogP contribution is -2.03. The van der Waals surface area contributed by atoms with E-state index in [4.69, 9.17) is 11.6 Å². The third kappa shape index (κ3) is 2.28. The number of benzene rings is 3. The minimum absolute atomic E-state index is 0.228. The smallest absolute Gasteiger partial charge is 0.130 e. The van der Waals surface area contributed by atoms with Gasteiger partial charge in [0.2, 0.25) is 0 Å². The van der Waals surface area contributed by atoms with E-state index in [2.05, 4.69) is 0 Å². The van der Waals surface area contributed by atoms with Gasteiger partial charge in [0.1, 0.15) is 11.9 Å². The number of rotatable bonds is 2. The van der Waals surface area contributed by atoms with Crippen LogP contribution in [0.15, 0.2) is 60.7 Å². The summed E-state index contributed by atoms with van der Waals surface area (Å²) in [5.74, 6) is -0.502. The van der Waals surface area contributed by atoms with Gasteiger partial charge in [0.25, 0.3) is 0 Å². The molecule has 3 rings (SSSR count). The molecule has 0 aliphatic heterocycles. The Hall–Kier alpha value is -1.90. The maximum Gasteiger partial charge on any atom is 0.130 e. The first-order chi connectivity index (χ1) is 9.66. The molecule has 20 heavy (non-hydrogen) atoms. The molecule has 0 spiro atoms. The Labute approximate surface area is 121 Å². The lowest BCUT2D eigenvalue weighted by atomic mass is 9.95. The van der Waals surface area contributed by atoms with Gasteiger partial charge in [0.05, 0.1) is 0 Å². The Morgan fingerprint density at radius 1 is 0.900 bits per heavy atom. The van der Waals surface area contributed by atoms with Gasteiger partial charge >= 0.3 is 0 Å². The second-order valence-corrected chi connectivity index (χ2v) is 5.07. The largest absolute Gasteiger partial charge is 0.384 e. The summed E-state index contributed by atoms with van der Waals surface area (Å²) in [6.07, 6.45) is -1.02. The molecule has 1 nitrogen and oxygen atoms in total. The molecule has 0 saturated carbocycles. The number of aliphatic hydroxyl groups excluding tert-OH is 1. The SMILES string of the molecule is OC(c1ccc(Cl)cc1F)c1cccc2ccccc12. The van der Waals surface area contributed by atoms with Crippen molar-refractivity contribution >= 4 is 22.4 Å². The zero-order chi connectivity index (χ0) is 14.1. The van der Waals surface area contributed by atoms with Crippen LogP contribution in [-0.4, -0.2) is 5.11 Å². The predicted molar refractivity (Wildman–Crippen MR) is 79.4 cm³/mol. The fourth-order valence-corrected chi connectivity index (χ4v) is 2.54. The molecule has 0 amide bonds. The Kier molecular flexibility index (Phi) is 3.43. The summed E-state index contributed by atoms with van der Waals surface area (Å²) in [5.41, 5.74) is 0.912. The molecule has 0 aliphatic carbocycles. The molecule has 0 aliphatic rings. The van der Waals surface area contributed by atoms with Crippen LogP contribution < -0.4 is 0 Å². The number of hydrogen-bond acceptors (Lipinski definition) is 1. The third-order valence-electron chi connectivity index (χ3n) is 3.38. The number of aliphatic hydroxyl groups is 1. The Morgan fingerprint density at radius 3 is 2.45 bits per heavy atom. The molecule has 100 valence electrons. The van der Waals surface area contributed by atoms with Gasteiger partial charge in [-0.2, -0.15) is 0 Å². The van der Waals surface area contributed by atoms with Gasteiger partial charge < -0.3 is 5.11 Å². The summed E-state index contributed by atoms with van der Waals surface area (Å²) >= 11 is 5.74. The first kappa shape index (κ1) is 13.1. The molecule has 1 unspecified atom stereocenters. The zero-order valence-electron chi connectivity index (χ0n) is 10.6. The Balaban J connectivity index is 2.15. The molecule has 3 heteroatoms. The minimum atomic E-state index is -1.02. The van der Waals surface area contributed by atoms with Crippen LogP contribution in [-0.2, 0) is 0 Å². The molecular formula is C17H12ClFO. The topological polar surface area (TPSA) is 20.2 Å². The van der Waals surface area contributed by atoms with E-state index in [0.717, 1.165) is 10.8 Å². The highest BCUT2D eigenvalue weighted by Crippen LogP contribution is 2.31.